The van der Waals surface area contributed by atoms with Crippen molar-refractivity contribution in [1.29, 1.82) is 0 Å². The summed E-state index contributed by atoms with van der Waals surface area (Å²) in [6.45, 7) is 22.4. The van der Waals surface area contributed by atoms with Gasteiger partial charge in [-0.25, -0.2) is 4.79 Å². The summed E-state index contributed by atoms with van der Waals surface area (Å²) in [5.74, 6) is -0.446. The second-order valence-corrected chi connectivity index (χ2v) is 15.5. The average Bonchev–Trinajstić information content (AvgIpc) is 3.22. The lowest BCUT2D eigenvalue weighted by molar-refractivity contribution is -0.137. The largest absolute Gasteiger partial charge is 0.444 e. The fraction of sp³-hybridized carbons (Fsp3) is 0.914. The first-order valence-corrected chi connectivity index (χ1v) is 17.7. The summed E-state index contributed by atoms with van der Waals surface area (Å²) in [6.07, 6.45) is 7.29. The van der Waals surface area contributed by atoms with Gasteiger partial charge in [0.15, 0.2) is 0 Å². The molecule has 45 heavy (non-hydrogen) atoms. The predicted molar refractivity (Wildman–Crippen MR) is 177 cm³/mol. The van der Waals surface area contributed by atoms with E-state index < -0.39 is 23.3 Å². The van der Waals surface area contributed by atoms with Gasteiger partial charge >= 0.3 is 6.09 Å². The van der Waals surface area contributed by atoms with E-state index in [2.05, 4.69) is 22.5 Å². The SMILES string of the molecule is CC[C@H](C)[C@H](NCCN1CCOCC1)C(=O)NC(=O)[C@@H](C[C@@H]1OC(C)(C)N(C(=O)OC(C)(C)C)[C@H]1CC1CCCCC1)C(C)C. The van der Waals surface area contributed by atoms with Gasteiger partial charge in [0.05, 0.1) is 31.4 Å². The average molecular weight is 637 g/mol. The van der Waals surface area contributed by atoms with Crippen molar-refractivity contribution in [2.75, 3.05) is 39.4 Å². The number of ether oxygens (including phenoxy) is 3. The number of nitrogens with one attached hydrogen (secondary N) is 2. The van der Waals surface area contributed by atoms with Crippen LogP contribution in [0, 0.1) is 23.7 Å². The van der Waals surface area contributed by atoms with Crippen molar-refractivity contribution < 1.29 is 28.6 Å². The van der Waals surface area contributed by atoms with E-state index in [4.69, 9.17) is 14.2 Å². The van der Waals surface area contributed by atoms with Crippen LogP contribution in [0.25, 0.3) is 0 Å². The molecule has 10 nitrogen and oxygen atoms in total. The molecule has 3 amide bonds. The molecule has 0 radical (unpaired) electrons. The first kappa shape index (κ1) is 37.7. The quantitative estimate of drug-likeness (QED) is 0.279. The van der Waals surface area contributed by atoms with E-state index in [1.807, 2.05) is 55.4 Å². The second kappa shape index (κ2) is 16.9. The zero-order valence-corrected chi connectivity index (χ0v) is 29.8. The lowest BCUT2D eigenvalue weighted by atomic mass is 9.81. The van der Waals surface area contributed by atoms with E-state index in [9.17, 15) is 14.4 Å². The number of amides is 3. The summed E-state index contributed by atoms with van der Waals surface area (Å²) in [7, 11) is 0. The minimum Gasteiger partial charge on any atom is -0.444 e. The Balaban J connectivity index is 1.74. The molecule has 2 aliphatic heterocycles. The number of imide groups is 1. The first-order chi connectivity index (χ1) is 21.1. The Morgan fingerprint density at radius 2 is 1.64 bits per heavy atom. The molecule has 2 saturated heterocycles. The normalized spacial score (nSPS) is 25.2. The molecule has 0 aromatic rings. The van der Waals surface area contributed by atoms with Crippen LogP contribution in [0.4, 0.5) is 4.79 Å². The van der Waals surface area contributed by atoms with E-state index in [0.717, 1.165) is 58.5 Å². The minimum atomic E-state index is -0.883. The molecule has 2 heterocycles. The molecular formula is C35H64N4O6. The third kappa shape index (κ3) is 11.2. The summed E-state index contributed by atoms with van der Waals surface area (Å²) < 4.78 is 18.0. The van der Waals surface area contributed by atoms with Gasteiger partial charge in [0, 0.05) is 32.1 Å². The highest BCUT2D eigenvalue weighted by Crippen LogP contribution is 2.42. The molecule has 10 heteroatoms. The molecule has 1 aliphatic carbocycles. The summed E-state index contributed by atoms with van der Waals surface area (Å²) in [5, 5.41) is 6.22. The van der Waals surface area contributed by atoms with Crippen LogP contribution in [-0.4, -0.2) is 96.6 Å². The number of morpholine rings is 1. The maximum absolute atomic E-state index is 13.8. The van der Waals surface area contributed by atoms with Gasteiger partial charge in [-0.15, -0.1) is 0 Å². The highest BCUT2D eigenvalue weighted by atomic mass is 16.6. The van der Waals surface area contributed by atoms with Crippen molar-refractivity contribution in [3.63, 3.8) is 0 Å². The maximum atomic E-state index is 13.8. The third-order valence-corrected chi connectivity index (χ3v) is 9.94. The Morgan fingerprint density at radius 3 is 2.22 bits per heavy atom. The van der Waals surface area contributed by atoms with Crippen LogP contribution >= 0.6 is 0 Å². The second-order valence-electron chi connectivity index (χ2n) is 15.5. The van der Waals surface area contributed by atoms with Gasteiger partial charge in [0.25, 0.3) is 0 Å². The van der Waals surface area contributed by atoms with Crippen molar-refractivity contribution in [2.45, 2.75) is 143 Å². The van der Waals surface area contributed by atoms with Crippen molar-refractivity contribution in [2.24, 2.45) is 23.7 Å². The topological polar surface area (TPSA) is 109 Å². The molecule has 0 bridgehead atoms. The summed E-state index contributed by atoms with van der Waals surface area (Å²) in [6, 6.07) is -0.673. The number of hydrogen-bond acceptors (Lipinski definition) is 8. The van der Waals surface area contributed by atoms with Crippen LogP contribution in [0.5, 0.6) is 0 Å². The molecule has 3 fully saturated rings. The Kier molecular flexibility index (Phi) is 14.1. The molecule has 0 unspecified atom stereocenters. The molecule has 2 N–H and O–H groups in total. The van der Waals surface area contributed by atoms with Gasteiger partial charge in [0.2, 0.25) is 11.8 Å². The van der Waals surface area contributed by atoms with Gasteiger partial charge in [-0.1, -0.05) is 66.2 Å². The van der Waals surface area contributed by atoms with Crippen molar-refractivity contribution in [3.05, 3.63) is 0 Å². The number of hydrogen-bond donors (Lipinski definition) is 2. The number of rotatable bonds is 13. The zero-order chi connectivity index (χ0) is 33.4. The van der Waals surface area contributed by atoms with Crippen LogP contribution in [0.15, 0.2) is 0 Å². The van der Waals surface area contributed by atoms with Crippen molar-refractivity contribution in [1.82, 2.24) is 20.4 Å². The van der Waals surface area contributed by atoms with Gasteiger partial charge in [-0.2, -0.15) is 0 Å². The fourth-order valence-electron chi connectivity index (χ4n) is 7.18. The van der Waals surface area contributed by atoms with E-state index in [-0.39, 0.29) is 41.9 Å². The molecule has 0 aromatic heterocycles. The molecular weight excluding hydrogens is 572 g/mol. The van der Waals surface area contributed by atoms with Crippen LogP contribution in [-0.2, 0) is 23.8 Å². The van der Waals surface area contributed by atoms with Crippen LogP contribution < -0.4 is 10.6 Å². The Bertz CT molecular complexity index is 954. The fourth-order valence-corrected chi connectivity index (χ4v) is 7.18. The van der Waals surface area contributed by atoms with Gasteiger partial charge < -0.3 is 19.5 Å². The number of nitrogens with zero attached hydrogens (tertiary/aromatic N) is 2. The molecule has 260 valence electrons. The van der Waals surface area contributed by atoms with Gasteiger partial charge in [-0.05, 0) is 65.2 Å². The van der Waals surface area contributed by atoms with Crippen LogP contribution in [0.1, 0.15) is 114 Å². The van der Waals surface area contributed by atoms with Crippen LogP contribution in [0.2, 0.25) is 0 Å². The highest BCUT2D eigenvalue weighted by Gasteiger charge is 2.52. The summed E-state index contributed by atoms with van der Waals surface area (Å²) in [5.41, 5.74) is -1.52. The minimum absolute atomic E-state index is 0.0215. The predicted octanol–water partition coefficient (Wildman–Crippen LogP) is 5.34. The standard InChI is InChI=1S/C35H64N4O6/c1-10-25(4)30(36-16-17-38-18-20-43-21-19-38)32(41)37-31(40)27(24(2)3)23-29-28(22-26-14-12-11-13-15-26)39(35(8,9)44-29)33(42)45-34(5,6)7/h24-30,36H,10-23H2,1-9H3,(H,37,40,41)/t25-,27-,28-,29-,30-/m0/s1. The smallest absolute Gasteiger partial charge is 0.412 e. The van der Waals surface area contributed by atoms with E-state index in [1.165, 1.54) is 19.3 Å². The monoisotopic (exact) mass is 636 g/mol. The Morgan fingerprint density at radius 1 is 1.00 bits per heavy atom. The lowest BCUT2D eigenvalue weighted by Crippen LogP contribution is -2.53. The summed E-state index contributed by atoms with van der Waals surface area (Å²) in [4.78, 5) is 45.1. The zero-order valence-electron chi connectivity index (χ0n) is 29.8. The third-order valence-electron chi connectivity index (χ3n) is 9.94. The lowest BCUT2D eigenvalue weighted by Gasteiger charge is -2.37. The maximum Gasteiger partial charge on any atom is 0.412 e. The van der Waals surface area contributed by atoms with Gasteiger partial charge in [-0.3, -0.25) is 24.7 Å². The molecule has 0 spiro atoms. The Hall–Kier alpha value is -1.75. The molecule has 1 saturated carbocycles. The highest BCUT2D eigenvalue weighted by molar-refractivity contribution is 5.99. The van der Waals surface area contributed by atoms with Gasteiger partial charge in [0.1, 0.15) is 11.3 Å². The van der Waals surface area contributed by atoms with Crippen molar-refractivity contribution >= 4 is 17.9 Å². The molecule has 5 atom stereocenters. The Labute approximate surface area is 273 Å². The van der Waals surface area contributed by atoms with E-state index >= 15 is 0 Å². The summed E-state index contributed by atoms with van der Waals surface area (Å²) >= 11 is 0. The molecule has 0 aromatic carbocycles. The molecule has 3 aliphatic rings. The first-order valence-electron chi connectivity index (χ1n) is 17.7. The van der Waals surface area contributed by atoms with Crippen molar-refractivity contribution in [3.8, 4) is 0 Å². The number of carbonyl (C=O) groups excluding carboxylic acids is 3. The van der Waals surface area contributed by atoms with E-state index in [0.29, 0.717) is 18.9 Å². The van der Waals surface area contributed by atoms with E-state index in [1.54, 1.807) is 4.90 Å². The van der Waals surface area contributed by atoms with Crippen LogP contribution in [0.3, 0.4) is 0 Å². The molecule has 3 rings (SSSR count). The number of carbonyl (C=O) groups is 3.